The van der Waals surface area contributed by atoms with E-state index in [9.17, 15) is 19.2 Å². The second-order valence-electron chi connectivity index (χ2n) is 11.5. The average Bonchev–Trinajstić information content (AvgIpc) is 3.03. The van der Waals surface area contributed by atoms with Gasteiger partial charge in [-0.2, -0.15) is 0 Å². The van der Waals surface area contributed by atoms with Crippen LogP contribution in [0.25, 0.3) is 0 Å². The van der Waals surface area contributed by atoms with Gasteiger partial charge in [-0.1, -0.05) is 86.6 Å². The highest BCUT2D eigenvalue weighted by atomic mass is 16.5. The first-order chi connectivity index (χ1) is 21.5. The second kappa shape index (κ2) is 17.6. The van der Waals surface area contributed by atoms with Crippen LogP contribution in [0.2, 0.25) is 0 Å². The van der Waals surface area contributed by atoms with E-state index in [1.54, 1.807) is 12.1 Å². The Hall–Kier alpha value is -4.70. The Kier molecular flexibility index (Phi) is 13.6. The number of rotatable bonds is 16. The van der Waals surface area contributed by atoms with Crippen LogP contribution in [0.5, 0.6) is 5.75 Å². The molecule has 0 aliphatic carbocycles. The van der Waals surface area contributed by atoms with Gasteiger partial charge in [0.25, 0.3) is 0 Å². The van der Waals surface area contributed by atoms with Gasteiger partial charge in [-0.3, -0.25) is 14.4 Å². The number of hydrogen-bond acceptors (Lipinski definition) is 7. The summed E-state index contributed by atoms with van der Waals surface area (Å²) >= 11 is 0. The zero-order chi connectivity index (χ0) is 32.8. The Balaban J connectivity index is 1.65. The molecule has 240 valence electrons. The highest BCUT2D eigenvalue weighted by molar-refractivity contribution is 5.94. The maximum Gasteiger partial charge on any atom is 0.328 e. The first-order valence-corrected chi connectivity index (χ1v) is 15.1. The zero-order valence-electron chi connectivity index (χ0n) is 26.3. The lowest BCUT2D eigenvalue weighted by Crippen LogP contribution is -2.57. The van der Waals surface area contributed by atoms with Crippen molar-refractivity contribution in [3.8, 4) is 5.75 Å². The molecule has 0 bridgehead atoms. The van der Waals surface area contributed by atoms with Gasteiger partial charge in [0.05, 0.1) is 6.04 Å². The molecule has 0 saturated heterocycles. The maximum atomic E-state index is 13.5. The lowest BCUT2D eigenvalue weighted by atomic mass is 10.0. The molecule has 0 radical (unpaired) electrons. The van der Waals surface area contributed by atoms with E-state index in [2.05, 4.69) is 16.0 Å². The summed E-state index contributed by atoms with van der Waals surface area (Å²) < 4.78 is 11.2. The summed E-state index contributed by atoms with van der Waals surface area (Å²) in [6, 6.07) is 22.5. The van der Waals surface area contributed by atoms with Crippen molar-refractivity contribution in [3.05, 3.63) is 102 Å². The third-order valence-corrected chi connectivity index (χ3v) is 6.93. The van der Waals surface area contributed by atoms with Crippen LogP contribution in [0.4, 0.5) is 0 Å². The molecule has 45 heavy (non-hydrogen) atoms. The number of esters is 1. The Morgan fingerprint density at radius 1 is 0.644 bits per heavy atom. The van der Waals surface area contributed by atoms with Gasteiger partial charge in [0.2, 0.25) is 17.7 Å². The molecular weight excluding hydrogens is 572 g/mol. The Morgan fingerprint density at radius 2 is 1.18 bits per heavy atom. The lowest BCUT2D eigenvalue weighted by molar-refractivity contribution is -0.148. The molecule has 10 nitrogen and oxygen atoms in total. The van der Waals surface area contributed by atoms with Crippen molar-refractivity contribution < 1.29 is 28.7 Å². The van der Waals surface area contributed by atoms with Crippen LogP contribution in [0, 0.1) is 5.92 Å². The standard InChI is InChI=1S/C35H44N4O6/c1-23(2)19-30(33(41)37-25(4)35(43)45-22-28-13-9-6-10-14-28)39-34(42)31(38-32(40)24(3)36)20-26-15-17-29(18-16-26)44-21-27-11-7-5-8-12-27/h5-18,23-25,30-31H,19-22,36H2,1-4H3,(H,37,41)(H,38,40)(H,39,42)/t24-,25-,30-,31-/m0/s1. The van der Waals surface area contributed by atoms with Gasteiger partial charge in [-0.05, 0) is 55.0 Å². The molecule has 0 saturated carbocycles. The molecule has 3 rings (SSSR count). The van der Waals surface area contributed by atoms with Gasteiger partial charge in [-0.15, -0.1) is 0 Å². The minimum absolute atomic E-state index is 0.0434. The number of carbonyl (C=O) groups excluding carboxylic acids is 4. The molecule has 10 heteroatoms. The largest absolute Gasteiger partial charge is 0.489 e. The van der Waals surface area contributed by atoms with E-state index in [4.69, 9.17) is 15.2 Å². The predicted molar refractivity (Wildman–Crippen MR) is 172 cm³/mol. The molecule has 0 fully saturated rings. The summed E-state index contributed by atoms with van der Waals surface area (Å²) in [5.74, 6) is -1.47. The van der Waals surface area contributed by atoms with E-state index in [-0.39, 0.29) is 18.9 Å². The summed E-state index contributed by atoms with van der Waals surface area (Å²) in [7, 11) is 0. The number of ether oxygens (including phenoxy) is 2. The molecule has 0 spiro atoms. The minimum atomic E-state index is -1.00. The van der Waals surface area contributed by atoms with Crippen molar-refractivity contribution in [2.45, 2.75) is 77.9 Å². The molecule has 5 N–H and O–H groups in total. The smallest absolute Gasteiger partial charge is 0.328 e. The topological polar surface area (TPSA) is 149 Å². The fourth-order valence-corrected chi connectivity index (χ4v) is 4.41. The fourth-order valence-electron chi connectivity index (χ4n) is 4.41. The number of hydrogen-bond donors (Lipinski definition) is 4. The first-order valence-electron chi connectivity index (χ1n) is 15.1. The Bertz CT molecular complexity index is 1380. The highest BCUT2D eigenvalue weighted by Gasteiger charge is 2.30. The van der Waals surface area contributed by atoms with E-state index in [1.807, 2.05) is 86.6 Å². The van der Waals surface area contributed by atoms with E-state index in [0.29, 0.717) is 18.8 Å². The van der Waals surface area contributed by atoms with Gasteiger partial charge in [0, 0.05) is 6.42 Å². The van der Waals surface area contributed by atoms with Crippen molar-refractivity contribution >= 4 is 23.7 Å². The Labute approximate surface area is 265 Å². The van der Waals surface area contributed by atoms with Crippen LogP contribution in [0.15, 0.2) is 84.9 Å². The number of amides is 3. The quantitative estimate of drug-likeness (QED) is 0.180. The zero-order valence-corrected chi connectivity index (χ0v) is 26.3. The van der Waals surface area contributed by atoms with E-state index in [0.717, 1.165) is 16.7 Å². The van der Waals surface area contributed by atoms with E-state index >= 15 is 0 Å². The molecule has 3 amide bonds. The average molecular weight is 617 g/mol. The SMILES string of the molecule is CC(C)C[C@H](NC(=O)[C@H](Cc1ccc(OCc2ccccc2)cc1)NC(=O)[C@H](C)N)C(=O)N[C@@H](C)C(=O)OCc1ccccc1. The van der Waals surface area contributed by atoms with Crippen LogP contribution < -0.4 is 26.4 Å². The molecule has 0 heterocycles. The van der Waals surface area contributed by atoms with Crippen LogP contribution in [-0.2, 0) is 43.5 Å². The van der Waals surface area contributed by atoms with Gasteiger partial charge in [0.15, 0.2) is 0 Å². The van der Waals surface area contributed by atoms with Gasteiger partial charge >= 0.3 is 5.97 Å². The maximum absolute atomic E-state index is 13.5. The number of nitrogens with two attached hydrogens (primary N) is 1. The van der Waals surface area contributed by atoms with Crippen molar-refractivity contribution in [3.63, 3.8) is 0 Å². The second-order valence-corrected chi connectivity index (χ2v) is 11.5. The fraction of sp³-hybridized carbons (Fsp3) is 0.371. The summed E-state index contributed by atoms with van der Waals surface area (Å²) in [5.41, 5.74) is 8.40. The lowest BCUT2D eigenvalue weighted by Gasteiger charge is -2.25. The van der Waals surface area contributed by atoms with Crippen molar-refractivity contribution in [1.29, 1.82) is 0 Å². The molecule has 0 unspecified atom stereocenters. The molecule has 3 aromatic carbocycles. The van der Waals surface area contributed by atoms with Crippen LogP contribution in [0.3, 0.4) is 0 Å². The molecule has 0 aliphatic heterocycles. The molecule has 0 aromatic heterocycles. The highest BCUT2D eigenvalue weighted by Crippen LogP contribution is 2.16. The third-order valence-electron chi connectivity index (χ3n) is 6.93. The van der Waals surface area contributed by atoms with E-state index < -0.39 is 47.9 Å². The van der Waals surface area contributed by atoms with Gasteiger partial charge in [-0.25, -0.2) is 4.79 Å². The van der Waals surface area contributed by atoms with Crippen molar-refractivity contribution in [2.24, 2.45) is 11.7 Å². The normalized spacial score (nSPS) is 13.6. The van der Waals surface area contributed by atoms with Crippen LogP contribution >= 0.6 is 0 Å². The molecular formula is C35H44N4O6. The Morgan fingerprint density at radius 3 is 1.73 bits per heavy atom. The summed E-state index contributed by atoms with van der Waals surface area (Å²) in [6.07, 6.45) is 0.465. The van der Waals surface area contributed by atoms with Gasteiger partial charge in [0.1, 0.15) is 37.1 Å². The molecule has 3 aromatic rings. The number of carbonyl (C=O) groups is 4. The van der Waals surface area contributed by atoms with Crippen molar-refractivity contribution in [2.75, 3.05) is 0 Å². The summed E-state index contributed by atoms with van der Waals surface area (Å²) in [4.78, 5) is 51.9. The van der Waals surface area contributed by atoms with Crippen LogP contribution in [0.1, 0.15) is 50.8 Å². The summed E-state index contributed by atoms with van der Waals surface area (Å²) in [5, 5.41) is 8.14. The minimum Gasteiger partial charge on any atom is -0.489 e. The van der Waals surface area contributed by atoms with Crippen LogP contribution in [-0.4, -0.2) is 47.9 Å². The molecule has 0 aliphatic rings. The number of benzene rings is 3. The van der Waals surface area contributed by atoms with E-state index in [1.165, 1.54) is 13.8 Å². The predicted octanol–water partition coefficient (Wildman–Crippen LogP) is 3.42. The monoisotopic (exact) mass is 616 g/mol. The van der Waals surface area contributed by atoms with Gasteiger partial charge < -0.3 is 31.2 Å². The molecule has 4 atom stereocenters. The number of nitrogens with one attached hydrogen (secondary N) is 3. The third kappa shape index (κ3) is 12.1. The first kappa shape index (κ1) is 34.8. The summed E-state index contributed by atoms with van der Waals surface area (Å²) in [6.45, 7) is 7.38. The van der Waals surface area contributed by atoms with Crippen molar-refractivity contribution in [1.82, 2.24) is 16.0 Å².